The van der Waals surface area contributed by atoms with Gasteiger partial charge in [-0.3, -0.25) is 15.0 Å². The molecule has 2 atom stereocenters. The molecule has 7 heteroatoms. The zero-order valence-electron chi connectivity index (χ0n) is 11.7. The molecule has 0 aromatic heterocycles. The smallest absolute Gasteiger partial charge is 0.318 e. The molecule has 1 aliphatic rings. The summed E-state index contributed by atoms with van der Waals surface area (Å²) in [6.07, 6.45) is -0.0873. The second-order valence-corrected chi connectivity index (χ2v) is 5.85. The van der Waals surface area contributed by atoms with Gasteiger partial charge >= 0.3 is 6.03 Å². The Morgan fingerprint density at radius 3 is 2.71 bits per heavy atom. The number of carbonyl (C=O) groups is 2. The van der Waals surface area contributed by atoms with Gasteiger partial charge in [0, 0.05) is 17.6 Å². The van der Waals surface area contributed by atoms with Crippen LogP contribution >= 0.6 is 15.9 Å². The van der Waals surface area contributed by atoms with Crippen LogP contribution in [0.3, 0.4) is 0 Å². The molecule has 6 nitrogen and oxygen atoms in total. The second kappa shape index (κ2) is 7.02. The molecule has 114 valence electrons. The number of hydrogen-bond acceptors (Lipinski definition) is 4. The summed E-state index contributed by atoms with van der Waals surface area (Å²) >= 11 is 3.40. The lowest BCUT2D eigenvalue weighted by atomic mass is 10.1. The minimum absolute atomic E-state index is 0.0873. The zero-order chi connectivity index (χ0) is 15.4. The molecule has 3 amide bonds. The highest BCUT2D eigenvalue weighted by Gasteiger charge is 2.29. The van der Waals surface area contributed by atoms with E-state index in [1.165, 1.54) is 0 Å². The molecule has 0 spiro atoms. The fourth-order valence-electron chi connectivity index (χ4n) is 2.29. The molecular formula is C14H18BrN3O3. The highest BCUT2D eigenvalue weighted by atomic mass is 79.9. The monoisotopic (exact) mass is 355 g/mol. The van der Waals surface area contributed by atoms with Gasteiger partial charge in [-0.2, -0.15) is 0 Å². The van der Waals surface area contributed by atoms with E-state index in [4.69, 9.17) is 10.5 Å². The molecule has 0 saturated carbocycles. The predicted molar refractivity (Wildman–Crippen MR) is 81.6 cm³/mol. The minimum Gasteiger partial charge on any atom is -0.371 e. The lowest BCUT2D eigenvalue weighted by Crippen LogP contribution is -2.52. The first-order valence-electron chi connectivity index (χ1n) is 6.69. The van der Waals surface area contributed by atoms with Crippen LogP contribution in [0.2, 0.25) is 0 Å². The van der Waals surface area contributed by atoms with E-state index in [2.05, 4.69) is 21.2 Å². The van der Waals surface area contributed by atoms with E-state index in [0.717, 1.165) is 10.0 Å². The number of imide groups is 1. The van der Waals surface area contributed by atoms with Crippen molar-refractivity contribution in [3.05, 3.63) is 34.3 Å². The van der Waals surface area contributed by atoms with Gasteiger partial charge in [0.05, 0.1) is 18.8 Å². The fraction of sp³-hybridized carbons (Fsp3) is 0.429. The first kappa shape index (κ1) is 15.9. The summed E-state index contributed by atoms with van der Waals surface area (Å²) < 4.78 is 6.77. The molecule has 0 unspecified atom stereocenters. The van der Waals surface area contributed by atoms with Crippen molar-refractivity contribution in [1.82, 2.24) is 10.2 Å². The van der Waals surface area contributed by atoms with Crippen molar-refractivity contribution in [3.63, 3.8) is 0 Å². The van der Waals surface area contributed by atoms with Crippen molar-refractivity contribution in [2.75, 3.05) is 19.7 Å². The maximum atomic E-state index is 11.8. The van der Waals surface area contributed by atoms with Crippen molar-refractivity contribution >= 4 is 27.9 Å². The largest absolute Gasteiger partial charge is 0.371 e. The van der Waals surface area contributed by atoms with Gasteiger partial charge in [-0.15, -0.1) is 0 Å². The number of primary amides is 1. The lowest BCUT2D eigenvalue weighted by Gasteiger charge is -2.36. The number of benzene rings is 1. The second-order valence-electron chi connectivity index (χ2n) is 4.94. The summed E-state index contributed by atoms with van der Waals surface area (Å²) in [5.41, 5.74) is 6.04. The normalized spacial score (nSPS) is 20.8. The number of hydrogen-bond donors (Lipinski definition) is 2. The molecule has 1 saturated heterocycles. The molecule has 0 radical (unpaired) electrons. The molecule has 1 aromatic carbocycles. The maximum Gasteiger partial charge on any atom is 0.318 e. The number of nitrogens with one attached hydrogen (secondary N) is 1. The van der Waals surface area contributed by atoms with E-state index >= 15 is 0 Å². The number of nitrogens with two attached hydrogens (primary N) is 1. The van der Waals surface area contributed by atoms with Crippen molar-refractivity contribution in [3.8, 4) is 0 Å². The topological polar surface area (TPSA) is 84.7 Å². The fourth-order valence-corrected chi connectivity index (χ4v) is 2.56. The van der Waals surface area contributed by atoms with Crippen molar-refractivity contribution in [1.29, 1.82) is 0 Å². The Bertz CT molecular complexity index is 521. The van der Waals surface area contributed by atoms with E-state index in [9.17, 15) is 9.59 Å². The highest BCUT2D eigenvalue weighted by Crippen LogP contribution is 2.24. The van der Waals surface area contributed by atoms with Crippen LogP contribution < -0.4 is 11.1 Å². The molecular weight excluding hydrogens is 338 g/mol. The number of ether oxygens (including phenoxy) is 1. The van der Waals surface area contributed by atoms with Gasteiger partial charge in [0.1, 0.15) is 0 Å². The quantitative estimate of drug-likeness (QED) is 0.858. The van der Waals surface area contributed by atoms with Crippen LogP contribution in [0, 0.1) is 0 Å². The number of rotatable bonds is 3. The van der Waals surface area contributed by atoms with Crippen LogP contribution in [0.15, 0.2) is 28.7 Å². The maximum absolute atomic E-state index is 11.8. The Labute approximate surface area is 131 Å². The van der Waals surface area contributed by atoms with Crippen LogP contribution in [0.5, 0.6) is 0 Å². The highest BCUT2D eigenvalue weighted by molar-refractivity contribution is 9.10. The summed E-state index contributed by atoms with van der Waals surface area (Å²) in [4.78, 5) is 24.6. The summed E-state index contributed by atoms with van der Waals surface area (Å²) in [6.45, 7) is 3.52. The van der Waals surface area contributed by atoms with Crippen LogP contribution in [0.1, 0.15) is 18.6 Å². The van der Waals surface area contributed by atoms with E-state index in [0.29, 0.717) is 19.7 Å². The average Bonchev–Trinajstić information content (AvgIpc) is 2.46. The number of morpholine rings is 1. The van der Waals surface area contributed by atoms with Crippen molar-refractivity contribution < 1.29 is 14.3 Å². The predicted octanol–water partition coefficient (Wildman–Crippen LogP) is 1.41. The lowest BCUT2D eigenvalue weighted by molar-refractivity contribution is -0.128. The summed E-state index contributed by atoms with van der Waals surface area (Å²) in [6, 6.07) is 6.64. The first-order valence-corrected chi connectivity index (χ1v) is 7.48. The number of halogens is 1. The molecule has 0 aliphatic carbocycles. The summed E-state index contributed by atoms with van der Waals surface area (Å²) in [5.74, 6) is -0.390. The number of carbonyl (C=O) groups excluding carboxylic acids is 2. The molecule has 3 N–H and O–H groups in total. The first-order chi connectivity index (χ1) is 9.97. The van der Waals surface area contributed by atoms with Gasteiger partial charge in [0.15, 0.2) is 0 Å². The van der Waals surface area contributed by atoms with Crippen molar-refractivity contribution in [2.45, 2.75) is 19.1 Å². The third-order valence-electron chi connectivity index (χ3n) is 3.51. The van der Waals surface area contributed by atoms with Gasteiger partial charge in [0.2, 0.25) is 5.91 Å². The van der Waals surface area contributed by atoms with Gasteiger partial charge in [-0.1, -0.05) is 28.1 Å². The van der Waals surface area contributed by atoms with E-state index in [1.807, 2.05) is 29.2 Å². The molecule has 2 rings (SSSR count). The molecule has 1 aliphatic heterocycles. The number of amides is 3. The van der Waals surface area contributed by atoms with Gasteiger partial charge in [0.25, 0.3) is 0 Å². The van der Waals surface area contributed by atoms with E-state index in [1.54, 1.807) is 6.92 Å². The third kappa shape index (κ3) is 4.26. The minimum atomic E-state index is -0.829. The molecule has 1 heterocycles. The van der Waals surface area contributed by atoms with Crippen LogP contribution in [-0.2, 0) is 9.53 Å². The average molecular weight is 356 g/mol. The standard InChI is InChI=1S/C14H18BrN3O3/c1-9(13(19)17-14(16)20)18-6-7-21-12(8-18)10-2-4-11(15)5-3-10/h2-5,9,12H,6-8H2,1H3,(H3,16,17,19,20)/t9-,12-/m0/s1. The Morgan fingerprint density at radius 2 is 2.10 bits per heavy atom. The molecule has 21 heavy (non-hydrogen) atoms. The zero-order valence-corrected chi connectivity index (χ0v) is 13.3. The number of nitrogens with zero attached hydrogens (tertiary/aromatic N) is 1. The SMILES string of the molecule is C[C@@H](C(=O)NC(N)=O)N1CCO[C@H](c2ccc(Br)cc2)C1. The van der Waals surface area contributed by atoms with Gasteiger partial charge in [-0.25, -0.2) is 4.79 Å². The Balaban J connectivity index is 2.01. The van der Waals surface area contributed by atoms with Crippen molar-refractivity contribution in [2.24, 2.45) is 5.73 Å². The van der Waals surface area contributed by atoms with Gasteiger partial charge in [-0.05, 0) is 24.6 Å². The van der Waals surface area contributed by atoms with Gasteiger partial charge < -0.3 is 10.5 Å². The van der Waals surface area contributed by atoms with Crippen LogP contribution in [-0.4, -0.2) is 42.6 Å². The third-order valence-corrected chi connectivity index (χ3v) is 4.04. The summed E-state index contributed by atoms with van der Waals surface area (Å²) in [5, 5.41) is 2.11. The Hall–Kier alpha value is -1.44. The van der Waals surface area contributed by atoms with E-state index in [-0.39, 0.29) is 12.0 Å². The Morgan fingerprint density at radius 1 is 1.43 bits per heavy atom. The molecule has 0 bridgehead atoms. The summed E-state index contributed by atoms with van der Waals surface area (Å²) in [7, 11) is 0. The molecule has 1 aromatic rings. The van der Waals surface area contributed by atoms with E-state index < -0.39 is 12.1 Å². The Kier molecular flexibility index (Phi) is 5.33. The van der Waals surface area contributed by atoms with Crippen LogP contribution in [0.25, 0.3) is 0 Å². The molecule has 1 fully saturated rings. The van der Waals surface area contributed by atoms with Crippen LogP contribution in [0.4, 0.5) is 4.79 Å². The number of urea groups is 1.